The summed E-state index contributed by atoms with van der Waals surface area (Å²) in [4.78, 5) is 10.9. The van der Waals surface area contributed by atoms with E-state index >= 15 is 0 Å². The molecule has 100 valence electrons. The summed E-state index contributed by atoms with van der Waals surface area (Å²) < 4.78 is 27.7. The molecule has 0 amide bonds. The van der Waals surface area contributed by atoms with Crippen LogP contribution in [-0.4, -0.2) is 18.6 Å². The minimum Gasteiger partial charge on any atom is -0.268 e. The molecule has 0 fully saturated rings. The Morgan fingerprint density at radius 1 is 1.16 bits per heavy atom. The molecule has 2 N–H and O–H groups in total. The number of aromatic amines is 1. The van der Waals surface area contributed by atoms with Crippen molar-refractivity contribution in [3.8, 4) is 0 Å². The van der Waals surface area contributed by atoms with Gasteiger partial charge in [-0.2, -0.15) is 5.10 Å². The number of aromatic nitrogens is 2. The average Bonchev–Trinajstić information content (AvgIpc) is 2.31. The van der Waals surface area contributed by atoms with Crippen LogP contribution in [0.4, 0.5) is 5.82 Å². The number of rotatable bonds is 3. The number of hydrogen-bond donors (Lipinski definition) is 2. The molecule has 0 aliphatic rings. The lowest BCUT2D eigenvalue weighted by molar-refractivity contribution is 0.600. The second kappa shape index (κ2) is 5.43. The summed E-state index contributed by atoms with van der Waals surface area (Å²) in [7, 11) is -3.78. The highest BCUT2D eigenvalue weighted by Gasteiger charge is 2.18. The van der Waals surface area contributed by atoms with Crippen LogP contribution in [0.3, 0.4) is 0 Å². The smallest absolute Gasteiger partial charge is 0.264 e. The van der Waals surface area contributed by atoms with E-state index in [0.29, 0.717) is 4.47 Å². The molecule has 0 bridgehead atoms. The SMILES string of the molecule is O=c1ccc(NS(=O)(=O)c2ccc(Br)cc2Br)n[nH]1. The van der Waals surface area contributed by atoms with Gasteiger partial charge in [-0.3, -0.25) is 9.52 Å². The third-order valence-electron chi connectivity index (χ3n) is 2.10. The number of halogens is 2. The second-order valence-corrected chi connectivity index (χ2v) is 6.91. The first-order valence-electron chi connectivity index (χ1n) is 4.92. The first kappa shape index (κ1) is 14.2. The molecule has 0 aliphatic carbocycles. The Morgan fingerprint density at radius 3 is 2.47 bits per heavy atom. The molecule has 1 aromatic carbocycles. The van der Waals surface area contributed by atoms with E-state index in [2.05, 4.69) is 46.8 Å². The number of benzene rings is 1. The lowest BCUT2D eigenvalue weighted by Gasteiger charge is -2.08. The lowest BCUT2D eigenvalue weighted by atomic mass is 10.4. The fourth-order valence-corrected chi connectivity index (χ4v) is 4.04. The molecule has 1 aromatic heterocycles. The van der Waals surface area contributed by atoms with Crippen molar-refractivity contribution in [1.82, 2.24) is 10.2 Å². The van der Waals surface area contributed by atoms with Crippen LogP contribution in [0.1, 0.15) is 0 Å². The van der Waals surface area contributed by atoms with Gasteiger partial charge in [-0.15, -0.1) is 0 Å². The number of anilines is 1. The molecule has 19 heavy (non-hydrogen) atoms. The minimum absolute atomic E-state index is 0.0365. The fourth-order valence-electron chi connectivity index (χ4n) is 1.29. The van der Waals surface area contributed by atoms with Crippen molar-refractivity contribution < 1.29 is 8.42 Å². The van der Waals surface area contributed by atoms with Gasteiger partial charge in [-0.1, -0.05) is 15.9 Å². The van der Waals surface area contributed by atoms with Gasteiger partial charge in [-0.05, 0) is 40.2 Å². The topological polar surface area (TPSA) is 91.9 Å². The van der Waals surface area contributed by atoms with Gasteiger partial charge >= 0.3 is 0 Å². The van der Waals surface area contributed by atoms with Crippen LogP contribution in [-0.2, 0) is 10.0 Å². The molecular formula is C10H7Br2N3O3S. The normalized spacial score (nSPS) is 11.3. The van der Waals surface area contributed by atoms with Crippen LogP contribution in [0.2, 0.25) is 0 Å². The highest BCUT2D eigenvalue weighted by Crippen LogP contribution is 2.26. The summed E-state index contributed by atoms with van der Waals surface area (Å²) in [6.45, 7) is 0. The van der Waals surface area contributed by atoms with E-state index in [4.69, 9.17) is 0 Å². The van der Waals surface area contributed by atoms with Crippen molar-refractivity contribution in [2.75, 3.05) is 4.72 Å². The van der Waals surface area contributed by atoms with Crippen molar-refractivity contribution in [1.29, 1.82) is 0 Å². The Morgan fingerprint density at radius 2 is 1.89 bits per heavy atom. The number of H-pyrrole nitrogens is 1. The highest BCUT2D eigenvalue weighted by molar-refractivity contribution is 9.11. The van der Waals surface area contributed by atoms with E-state index in [-0.39, 0.29) is 10.7 Å². The van der Waals surface area contributed by atoms with E-state index in [1.165, 1.54) is 18.2 Å². The Balaban J connectivity index is 2.37. The molecule has 1 heterocycles. The van der Waals surface area contributed by atoms with Crippen LogP contribution in [0.25, 0.3) is 0 Å². The molecule has 0 spiro atoms. The largest absolute Gasteiger partial charge is 0.268 e. The van der Waals surface area contributed by atoms with Gasteiger partial charge < -0.3 is 0 Å². The molecular weight excluding hydrogens is 402 g/mol. The molecule has 6 nitrogen and oxygen atoms in total. The first-order valence-corrected chi connectivity index (χ1v) is 7.99. The minimum atomic E-state index is -3.78. The lowest BCUT2D eigenvalue weighted by Crippen LogP contribution is -2.16. The monoisotopic (exact) mass is 407 g/mol. The Labute approximate surface area is 125 Å². The fraction of sp³-hybridized carbons (Fsp3) is 0. The van der Waals surface area contributed by atoms with Gasteiger partial charge in [0, 0.05) is 15.0 Å². The average molecular weight is 409 g/mol. The maximum Gasteiger partial charge on any atom is 0.264 e. The van der Waals surface area contributed by atoms with Crippen LogP contribution >= 0.6 is 31.9 Å². The van der Waals surface area contributed by atoms with Gasteiger partial charge in [-0.25, -0.2) is 13.5 Å². The Bertz CT molecular complexity index is 753. The van der Waals surface area contributed by atoms with Crippen molar-refractivity contribution in [3.05, 3.63) is 49.6 Å². The zero-order valence-electron chi connectivity index (χ0n) is 9.22. The highest BCUT2D eigenvalue weighted by atomic mass is 79.9. The standard InChI is InChI=1S/C10H7Br2N3O3S/c11-6-1-2-8(7(12)5-6)19(17,18)15-9-3-4-10(16)14-13-9/h1-5H,(H,13,15)(H,14,16). The molecule has 0 atom stereocenters. The van der Waals surface area contributed by atoms with Crippen molar-refractivity contribution in [3.63, 3.8) is 0 Å². The van der Waals surface area contributed by atoms with Crippen molar-refractivity contribution in [2.24, 2.45) is 0 Å². The molecule has 0 saturated heterocycles. The van der Waals surface area contributed by atoms with E-state index in [0.717, 1.165) is 4.47 Å². The van der Waals surface area contributed by atoms with Crippen LogP contribution in [0.15, 0.2) is 49.0 Å². The predicted molar refractivity (Wildman–Crippen MR) is 77.5 cm³/mol. The summed E-state index contributed by atoms with van der Waals surface area (Å²) in [5, 5.41) is 5.73. The van der Waals surface area contributed by atoms with E-state index in [9.17, 15) is 13.2 Å². The third kappa shape index (κ3) is 3.43. The van der Waals surface area contributed by atoms with E-state index < -0.39 is 15.6 Å². The molecule has 0 radical (unpaired) electrons. The van der Waals surface area contributed by atoms with Gasteiger partial charge in [0.05, 0.1) is 0 Å². The summed E-state index contributed by atoms with van der Waals surface area (Å²) in [5.74, 6) is 0.0365. The molecule has 0 aliphatic heterocycles. The zero-order chi connectivity index (χ0) is 14.0. The Hall–Kier alpha value is -1.19. The molecule has 2 rings (SSSR count). The van der Waals surface area contributed by atoms with Gasteiger partial charge in [0.2, 0.25) is 0 Å². The molecule has 2 aromatic rings. The quantitative estimate of drug-likeness (QED) is 0.813. The zero-order valence-corrected chi connectivity index (χ0v) is 13.2. The predicted octanol–water partition coefficient (Wildman–Crippen LogP) is 2.10. The van der Waals surface area contributed by atoms with Gasteiger partial charge in [0.25, 0.3) is 15.6 Å². The van der Waals surface area contributed by atoms with E-state index in [1.54, 1.807) is 12.1 Å². The third-order valence-corrected chi connectivity index (χ3v) is 4.93. The summed E-state index contributed by atoms with van der Waals surface area (Å²) >= 11 is 6.42. The van der Waals surface area contributed by atoms with Crippen LogP contribution in [0, 0.1) is 0 Å². The van der Waals surface area contributed by atoms with E-state index in [1.807, 2.05) is 0 Å². The maximum absolute atomic E-state index is 12.1. The van der Waals surface area contributed by atoms with Crippen LogP contribution < -0.4 is 10.3 Å². The Kier molecular flexibility index (Phi) is 4.07. The molecule has 0 unspecified atom stereocenters. The summed E-state index contributed by atoms with van der Waals surface area (Å²) in [5.41, 5.74) is -0.409. The van der Waals surface area contributed by atoms with Crippen molar-refractivity contribution >= 4 is 47.7 Å². The summed E-state index contributed by atoms with van der Waals surface area (Å²) in [6, 6.07) is 7.14. The van der Waals surface area contributed by atoms with Gasteiger partial charge in [0.1, 0.15) is 4.90 Å². The summed E-state index contributed by atoms with van der Waals surface area (Å²) in [6.07, 6.45) is 0. The molecule has 9 heteroatoms. The number of nitrogens with one attached hydrogen (secondary N) is 2. The molecule has 0 saturated carbocycles. The number of hydrogen-bond acceptors (Lipinski definition) is 4. The second-order valence-electron chi connectivity index (χ2n) is 3.49. The first-order chi connectivity index (χ1) is 8.88. The van der Waals surface area contributed by atoms with Crippen molar-refractivity contribution in [2.45, 2.75) is 4.90 Å². The number of sulfonamides is 1. The van der Waals surface area contributed by atoms with Gasteiger partial charge in [0.15, 0.2) is 5.82 Å². The maximum atomic E-state index is 12.1. The van der Waals surface area contributed by atoms with Crippen LogP contribution in [0.5, 0.6) is 0 Å². The number of nitrogens with zero attached hydrogens (tertiary/aromatic N) is 1.